The quantitative estimate of drug-likeness (QED) is 0.347. The van der Waals surface area contributed by atoms with E-state index in [1.807, 2.05) is 0 Å². The summed E-state index contributed by atoms with van der Waals surface area (Å²) in [5.41, 5.74) is 12.1. The highest BCUT2D eigenvalue weighted by Crippen LogP contribution is 2.47. The van der Waals surface area contributed by atoms with Gasteiger partial charge in [0.25, 0.3) is 0 Å². The van der Waals surface area contributed by atoms with Crippen LogP contribution in [0.2, 0.25) is 0 Å². The van der Waals surface area contributed by atoms with Crippen molar-refractivity contribution in [2.24, 2.45) is 0 Å². The average molecular weight is 331 g/mol. The first-order valence-electron chi connectivity index (χ1n) is 9.10. The second-order valence-corrected chi connectivity index (χ2v) is 7.06. The molecule has 2 aliphatic carbocycles. The summed E-state index contributed by atoms with van der Waals surface area (Å²) >= 11 is 0. The number of para-hydroxylation sites is 1. The van der Waals surface area contributed by atoms with Crippen LogP contribution in [-0.2, 0) is 6.42 Å². The Morgan fingerprint density at radius 1 is 0.615 bits per heavy atom. The van der Waals surface area contributed by atoms with Crippen molar-refractivity contribution >= 4 is 22.6 Å². The highest BCUT2D eigenvalue weighted by atomic mass is 14.7. The van der Waals surface area contributed by atoms with E-state index in [0.717, 1.165) is 6.42 Å². The van der Waals surface area contributed by atoms with Gasteiger partial charge in [-0.2, -0.15) is 0 Å². The second kappa shape index (κ2) is 5.09. The average Bonchev–Trinajstić information content (AvgIpc) is 3.23. The topological polar surface area (TPSA) is 15.8 Å². The van der Waals surface area contributed by atoms with Gasteiger partial charge in [0.1, 0.15) is 0 Å². The predicted molar refractivity (Wildman–Crippen MR) is 109 cm³/mol. The summed E-state index contributed by atoms with van der Waals surface area (Å²) in [5, 5.41) is 1.34. The molecule has 1 N–H and O–H groups in total. The molecule has 122 valence electrons. The van der Waals surface area contributed by atoms with E-state index in [2.05, 4.69) is 89.9 Å². The smallest absolute Gasteiger partial charge is 0.0461 e. The van der Waals surface area contributed by atoms with E-state index >= 15 is 0 Å². The molecule has 0 spiro atoms. The molecule has 26 heavy (non-hydrogen) atoms. The standard InChI is InChI=1S/C25H17N/c1-3-10-20-17(7-1)18-8-2-4-11-21(18)25(20)16-13-14-24-22(15-16)19-9-5-6-12-23(19)26-24/h1-14,26H,15H2. The first-order valence-corrected chi connectivity index (χ1v) is 9.10. The number of nitrogens with one attached hydrogen (secondary N) is 1. The van der Waals surface area contributed by atoms with Crippen molar-refractivity contribution in [1.29, 1.82) is 0 Å². The summed E-state index contributed by atoms with van der Waals surface area (Å²) in [6.45, 7) is 0. The summed E-state index contributed by atoms with van der Waals surface area (Å²) < 4.78 is 0. The Labute approximate surface area is 152 Å². The van der Waals surface area contributed by atoms with Gasteiger partial charge in [0.15, 0.2) is 0 Å². The van der Waals surface area contributed by atoms with E-state index in [1.165, 1.54) is 55.6 Å². The maximum absolute atomic E-state index is 3.56. The van der Waals surface area contributed by atoms with Crippen molar-refractivity contribution in [3.8, 4) is 11.1 Å². The third-order valence-corrected chi connectivity index (χ3v) is 5.67. The number of aromatic amines is 1. The van der Waals surface area contributed by atoms with Crippen molar-refractivity contribution in [2.45, 2.75) is 6.42 Å². The van der Waals surface area contributed by atoms with Gasteiger partial charge in [-0.25, -0.2) is 0 Å². The molecule has 1 nitrogen and oxygen atoms in total. The molecule has 1 heteroatoms. The van der Waals surface area contributed by atoms with Crippen LogP contribution in [-0.4, -0.2) is 4.98 Å². The van der Waals surface area contributed by atoms with Crippen LogP contribution >= 0.6 is 0 Å². The Balaban J connectivity index is 1.62. The van der Waals surface area contributed by atoms with E-state index in [9.17, 15) is 0 Å². The molecular weight excluding hydrogens is 314 g/mol. The third kappa shape index (κ3) is 1.80. The maximum Gasteiger partial charge on any atom is 0.0461 e. The molecule has 6 rings (SSSR count). The molecule has 0 amide bonds. The van der Waals surface area contributed by atoms with Crippen LogP contribution in [0.25, 0.3) is 33.7 Å². The molecule has 0 aliphatic heterocycles. The van der Waals surface area contributed by atoms with Crippen LogP contribution in [0.3, 0.4) is 0 Å². The van der Waals surface area contributed by atoms with Crippen LogP contribution in [0, 0.1) is 0 Å². The van der Waals surface area contributed by atoms with Crippen molar-refractivity contribution in [3.63, 3.8) is 0 Å². The van der Waals surface area contributed by atoms with Gasteiger partial charge in [0.05, 0.1) is 0 Å². The minimum atomic E-state index is 0.966. The summed E-state index contributed by atoms with van der Waals surface area (Å²) in [6, 6.07) is 26.2. The van der Waals surface area contributed by atoms with Gasteiger partial charge in [-0.3, -0.25) is 0 Å². The highest BCUT2D eigenvalue weighted by Gasteiger charge is 2.26. The van der Waals surface area contributed by atoms with Crippen LogP contribution in [0.5, 0.6) is 0 Å². The van der Waals surface area contributed by atoms with Crippen molar-refractivity contribution in [1.82, 2.24) is 4.98 Å². The Hall–Kier alpha value is -3.32. The molecule has 4 aromatic rings. The number of benzene rings is 3. The van der Waals surface area contributed by atoms with E-state index in [-0.39, 0.29) is 0 Å². The Morgan fingerprint density at radius 2 is 1.23 bits per heavy atom. The number of hydrogen-bond acceptors (Lipinski definition) is 0. The highest BCUT2D eigenvalue weighted by molar-refractivity contribution is 6.03. The minimum Gasteiger partial charge on any atom is -0.355 e. The molecule has 0 radical (unpaired) electrons. The lowest BCUT2D eigenvalue weighted by atomic mass is 9.89. The normalized spacial score (nSPS) is 14.5. The van der Waals surface area contributed by atoms with Gasteiger partial charge < -0.3 is 4.98 Å². The number of allylic oxidation sites excluding steroid dienone is 2. The van der Waals surface area contributed by atoms with Gasteiger partial charge in [-0.05, 0) is 51.1 Å². The fraction of sp³-hybridized carbons (Fsp3) is 0.0400. The van der Waals surface area contributed by atoms with Gasteiger partial charge in [-0.15, -0.1) is 0 Å². The summed E-state index contributed by atoms with van der Waals surface area (Å²) in [4.78, 5) is 3.56. The molecule has 3 aromatic carbocycles. The first kappa shape index (κ1) is 13.9. The molecule has 1 heterocycles. The molecular formula is C25H17N. The Morgan fingerprint density at radius 3 is 1.96 bits per heavy atom. The van der Waals surface area contributed by atoms with Crippen LogP contribution < -0.4 is 0 Å². The van der Waals surface area contributed by atoms with E-state index in [1.54, 1.807) is 0 Å². The van der Waals surface area contributed by atoms with Crippen molar-refractivity contribution in [2.75, 3.05) is 0 Å². The Bertz CT molecular complexity index is 1200. The van der Waals surface area contributed by atoms with Gasteiger partial charge in [0, 0.05) is 23.0 Å². The minimum absolute atomic E-state index is 0.966. The molecule has 2 aliphatic rings. The van der Waals surface area contributed by atoms with Gasteiger partial charge >= 0.3 is 0 Å². The molecule has 0 unspecified atom stereocenters. The number of rotatable bonds is 0. The fourth-order valence-corrected chi connectivity index (χ4v) is 4.52. The third-order valence-electron chi connectivity index (χ3n) is 5.67. The number of hydrogen-bond donors (Lipinski definition) is 1. The zero-order valence-corrected chi connectivity index (χ0v) is 14.3. The maximum atomic E-state index is 3.56. The SMILES string of the molecule is C1=Cc2[nH]c3ccccc3c2CC1=C1c2ccccc2-c2ccccc21. The number of fused-ring (bicyclic) bond motifs is 6. The van der Waals surface area contributed by atoms with E-state index < -0.39 is 0 Å². The lowest BCUT2D eigenvalue weighted by Gasteiger charge is -2.14. The van der Waals surface area contributed by atoms with Crippen molar-refractivity contribution < 1.29 is 0 Å². The first-order chi connectivity index (χ1) is 12.9. The zero-order chi connectivity index (χ0) is 17.1. The van der Waals surface area contributed by atoms with Gasteiger partial charge in [0.2, 0.25) is 0 Å². The van der Waals surface area contributed by atoms with Gasteiger partial charge in [-0.1, -0.05) is 72.8 Å². The molecule has 1 aromatic heterocycles. The largest absolute Gasteiger partial charge is 0.355 e. The zero-order valence-electron chi connectivity index (χ0n) is 14.3. The monoisotopic (exact) mass is 331 g/mol. The lowest BCUT2D eigenvalue weighted by molar-refractivity contribution is 1.18. The molecule has 0 atom stereocenters. The summed E-state index contributed by atoms with van der Waals surface area (Å²) in [5.74, 6) is 0. The fourth-order valence-electron chi connectivity index (χ4n) is 4.52. The summed E-state index contributed by atoms with van der Waals surface area (Å²) in [6.07, 6.45) is 5.50. The summed E-state index contributed by atoms with van der Waals surface area (Å²) in [7, 11) is 0. The van der Waals surface area contributed by atoms with Crippen LogP contribution in [0.15, 0.2) is 84.4 Å². The molecule has 0 fully saturated rings. The van der Waals surface area contributed by atoms with E-state index in [0.29, 0.717) is 0 Å². The van der Waals surface area contributed by atoms with Crippen molar-refractivity contribution in [3.05, 3.63) is 107 Å². The molecule has 0 bridgehead atoms. The number of aromatic nitrogens is 1. The lowest BCUT2D eigenvalue weighted by Crippen LogP contribution is -1.99. The van der Waals surface area contributed by atoms with Crippen LogP contribution in [0.1, 0.15) is 22.4 Å². The predicted octanol–water partition coefficient (Wildman–Crippen LogP) is 6.22. The molecule has 0 saturated carbocycles. The van der Waals surface area contributed by atoms with E-state index in [4.69, 9.17) is 0 Å². The second-order valence-electron chi connectivity index (χ2n) is 7.06. The Kier molecular flexibility index (Phi) is 2.72. The van der Waals surface area contributed by atoms with Crippen LogP contribution in [0.4, 0.5) is 0 Å². The number of H-pyrrole nitrogens is 1. The molecule has 0 saturated heterocycles.